The summed E-state index contributed by atoms with van der Waals surface area (Å²) in [6, 6.07) is 9.56. The van der Waals surface area contributed by atoms with Crippen molar-refractivity contribution in [1.82, 2.24) is 4.98 Å². The van der Waals surface area contributed by atoms with E-state index in [1.54, 1.807) is 12.3 Å². The first-order valence-corrected chi connectivity index (χ1v) is 11.0. The molecule has 0 N–H and O–H groups in total. The van der Waals surface area contributed by atoms with Crippen molar-refractivity contribution >= 4 is 44.8 Å². The number of hydrogen-bond donors (Lipinski definition) is 0. The van der Waals surface area contributed by atoms with Crippen LogP contribution in [0, 0.1) is 12.8 Å². The van der Waals surface area contributed by atoms with Gasteiger partial charge in [0.05, 0.1) is 17.0 Å². The van der Waals surface area contributed by atoms with E-state index in [-0.39, 0.29) is 12.4 Å². The van der Waals surface area contributed by atoms with Crippen molar-refractivity contribution < 1.29 is 16.8 Å². The van der Waals surface area contributed by atoms with Gasteiger partial charge >= 0.3 is 0 Å². The topological polar surface area (TPSA) is 26.0 Å². The molecule has 6 heteroatoms. The molecule has 0 radical (unpaired) electrons. The van der Waals surface area contributed by atoms with Gasteiger partial charge in [-0.05, 0) is 73.6 Å². The Bertz CT molecular complexity index is 1200. The lowest BCUT2D eigenvalue weighted by Gasteiger charge is -2.19. The minimum atomic E-state index is 0. The summed E-state index contributed by atoms with van der Waals surface area (Å²) in [6.45, 7) is 4.44. The Hall–Kier alpha value is -1.52. The summed E-state index contributed by atoms with van der Waals surface area (Å²) in [6.07, 6.45) is 5.19. The van der Waals surface area contributed by atoms with E-state index >= 15 is 0 Å². The molecule has 5 rings (SSSR count). The highest BCUT2D eigenvalue weighted by Gasteiger charge is 2.26. The Labute approximate surface area is 190 Å². The molecule has 0 bridgehead atoms. The van der Waals surface area contributed by atoms with Crippen molar-refractivity contribution in [2.75, 3.05) is 0 Å². The Morgan fingerprint density at radius 3 is 2.76 bits per heavy atom. The van der Waals surface area contributed by atoms with Crippen LogP contribution in [0.25, 0.3) is 32.8 Å². The predicted octanol–water partition coefficient (Wildman–Crippen LogP) is 4.97. The number of nitrogens with zero attached hydrogens (tertiary/aromatic N) is 1. The number of furan rings is 1. The number of hydrogen-bond acceptors (Lipinski definition) is 3. The van der Waals surface area contributed by atoms with Crippen LogP contribution in [0.5, 0.6) is 0 Å². The molecule has 0 amide bonds. The van der Waals surface area contributed by atoms with Crippen molar-refractivity contribution in [1.29, 1.82) is 0 Å². The molecule has 0 spiro atoms. The smallest absolute Gasteiger partial charge is 0.134 e. The van der Waals surface area contributed by atoms with Crippen LogP contribution in [0.2, 0.25) is 10.0 Å². The van der Waals surface area contributed by atoms with Crippen molar-refractivity contribution in [3.63, 3.8) is 0 Å². The summed E-state index contributed by atoms with van der Waals surface area (Å²) >= 11 is 14.5. The standard InChI is InChI=1S/C23H19Cl2NOS.ClH/c1-12-5-7-16-19(10-12)28-23-21(16)20(18-4-3-9-27-18)13(2)22(26-23)15-8-6-14(24)11-17(15)25;/h3-4,6,8-9,11-12H,5,7,10H2,1-2H3;1H/p-1. The van der Waals surface area contributed by atoms with Gasteiger partial charge in [0.1, 0.15) is 10.6 Å². The molecule has 1 aromatic carbocycles. The van der Waals surface area contributed by atoms with Gasteiger partial charge < -0.3 is 16.8 Å². The van der Waals surface area contributed by atoms with Crippen LogP contribution in [-0.2, 0) is 12.8 Å². The number of benzene rings is 1. The van der Waals surface area contributed by atoms with E-state index in [0.29, 0.717) is 10.0 Å². The van der Waals surface area contributed by atoms with Crippen LogP contribution in [0.3, 0.4) is 0 Å². The minimum Gasteiger partial charge on any atom is -1.00 e. The first-order chi connectivity index (χ1) is 13.5. The molecule has 4 aromatic rings. The van der Waals surface area contributed by atoms with Crippen LogP contribution < -0.4 is 12.4 Å². The third-order valence-corrected chi connectivity index (χ3v) is 7.34. The molecule has 29 heavy (non-hydrogen) atoms. The third kappa shape index (κ3) is 3.48. The van der Waals surface area contributed by atoms with E-state index < -0.39 is 0 Å². The van der Waals surface area contributed by atoms with Crippen LogP contribution in [0.4, 0.5) is 0 Å². The van der Waals surface area contributed by atoms with Crippen LogP contribution in [-0.4, -0.2) is 4.98 Å². The molecule has 3 heterocycles. The average Bonchev–Trinajstić information content (AvgIpc) is 3.29. The largest absolute Gasteiger partial charge is 1.00 e. The van der Waals surface area contributed by atoms with Crippen LogP contribution in [0.1, 0.15) is 29.3 Å². The van der Waals surface area contributed by atoms with Crippen molar-refractivity contribution in [3.8, 4) is 22.6 Å². The lowest BCUT2D eigenvalue weighted by molar-refractivity contribution is -0.00000587. The Kier molecular flexibility index (Phi) is 5.69. The Balaban J connectivity index is 0.00000205. The van der Waals surface area contributed by atoms with Crippen molar-refractivity contribution in [2.45, 2.75) is 33.1 Å². The Morgan fingerprint density at radius 1 is 1.21 bits per heavy atom. The van der Waals surface area contributed by atoms with E-state index in [1.807, 2.05) is 35.6 Å². The highest BCUT2D eigenvalue weighted by Crippen LogP contribution is 2.46. The maximum atomic E-state index is 6.54. The highest BCUT2D eigenvalue weighted by atomic mass is 35.5. The molecule has 1 atom stereocenters. The minimum absolute atomic E-state index is 0. The number of aromatic nitrogens is 1. The lowest BCUT2D eigenvalue weighted by Crippen LogP contribution is -3.00. The first-order valence-electron chi connectivity index (χ1n) is 9.47. The summed E-state index contributed by atoms with van der Waals surface area (Å²) in [5, 5.41) is 2.50. The van der Waals surface area contributed by atoms with Gasteiger partial charge in [0.15, 0.2) is 0 Å². The molecule has 0 fully saturated rings. The zero-order valence-electron chi connectivity index (χ0n) is 16.1. The van der Waals surface area contributed by atoms with Gasteiger partial charge in [-0.2, -0.15) is 0 Å². The van der Waals surface area contributed by atoms with Gasteiger partial charge in [-0.25, -0.2) is 4.98 Å². The molecule has 2 nitrogen and oxygen atoms in total. The maximum Gasteiger partial charge on any atom is 0.134 e. The zero-order chi connectivity index (χ0) is 19.4. The van der Waals surface area contributed by atoms with Crippen molar-refractivity contribution in [2.24, 2.45) is 5.92 Å². The van der Waals surface area contributed by atoms with E-state index in [9.17, 15) is 0 Å². The maximum absolute atomic E-state index is 6.54. The van der Waals surface area contributed by atoms with Gasteiger partial charge in [0.2, 0.25) is 0 Å². The van der Waals surface area contributed by atoms with Crippen LogP contribution in [0.15, 0.2) is 41.0 Å². The number of fused-ring (bicyclic) bond motifs is 3. The number of thiophene rings is 1. The molecule has 1 aliphatic rings. The fraction of sp³-hybridized carbons (Fsp3) is 0.261. The molecule has 150 valence electrons. The first kappa shape index (κ1) is 20.7. The SMILES string of the molecule is Cc1c(-c2ccc(Cl)cc2Cl)nc2sc3c(c2c1-c1ccco1)CCC(C)C3.[Cl-]. The molecule has 1 unspecified atom stereocenters. The molecule has 0 aliphatic heterocycles. The number of rotatable bonds is 2. The van der Waals surface area contributed by atoms with E-state index in [0.717, 1.165) is 51.7 Å². The molecule has 0 saturated heterocycles. The van der Waals surface area contributed by atoms with E-state index in [1.165, 1.54) is 22.2 Å². The molecule has 3 aromatic heterocycles. The van der Waals surface area contributed by atoms with Gasteiger partial charge in [-0.3, -0.25) is 0 Å². The normalized spacial score (nSPS) is 15.9. The fourth-order valence-corrected chi connectivity index (χ4v) is 6.13. The Morgan fingerprint density at radius 2 is 2.03 bits per heavy atom. The second-order valence-corrected chi connectivity index (χ2v) is 9.52. The third-order valence-electron chi connectivity index (χ3n) is 5.64. The second kappa shape index (κ2) is 7.96. The number of pyridine rings is 1. The predicted molar refractivity (Wildman–Crippen MR) is 119 cm³/mol. The average molecular weight is 464 g/mol. The van der Waals surface area contributed by atoms with Crippen molar-refractivity contribution in [3.05, 3.63) is 62.6 Å². The van der Waals surface area contributed by atoms with Gasteiger partial charge in [0, 0.05) is 26.4 Å². The van der Waals surface area contributed by atoms with Gasteiger partial charge in [-0.1, -0.05) is 30.1 Å². The highest BCUT2D eigenvalue weighted by molar-refractivity contribution is 7.19. The quantitative estimate of drug-likeness (QED) is 0.419. The fourth-order valence-electron chi connectivity index (χ4n) is 4.24. The zero-order valence-corrected chi connectivity index (χ0v) is 19.1. The summed E-state index contributed by atoms with van der Waals surface area (Å²) in [5.74, 6) is 1.61. The van der Waals surface area contributed by atoms with Gasteiger partial charge in [-0.15, -0.1) is 11.3 Å². The lowest BCUT2D eigenvalue weighted by atomic mass is 9.87. The van der Waals surface area contributed by atoms with Crippen LogP contribution >= 0.6 is 34.5 Å². The molecular weight excluding hydrogens is 445 g/mol. The molecule has 0 saturated carbocycles. The summed E-state index contributed by atoms with van der Waals surface area (Å²) in [5.41, 5.74) is 5.48. The summed E-state index contributed by atoms with van der Waals surface area (Å²) in [7, 11) is 0. The molecular formula is C23H19Cl3NOS-. The monoisotopic (exact) mass is 462 g/mol. The number of halogens is 3. The van der Waals surface area contributed by atoms with E-state index in [4.69, 9.17) is 32.6 Å². The number of aryl methyl sites for hydroxylation is 1. The second-order valence-electron chi connectivity index (χ2n) is 7.59. The molecule has 1 aliphatic carbocycles. The summed E-state index contributed by atoms with van der Waals surface area (Å²) in [4.78, 5) is 7.62. The van der Waals surface area contributed by atoms with E-state index in [2.05, 4.69) is 13.8 Å². The summed E-state index contributed by atoms with van der Waals surface area (Å²) < 4.78 is 5.85. The van der Waals surface area contributed by atoms with Gasteiger partial charge in [0.25, 0.3) is 0 Å².